The normalized spacial score (nSPS) is 11.0. The van der Waals surface area contributed by atoms with Crippen LogP contribution in [0.3, 0.4) is 0 Å². The molecule has 0 aromatic heterocycles. The lowest BCUT2D eigenvalue weighted by Crippen LogP contribution is -2.44. The minimum atomic E-state index is -0.514. The largest absolute Gasteiger partial charge is 0.482 e. The minimum Gasteiger partial charge on any atom is -0.482 e. The quantitative estimate of drug-likeness (QED) is 0.635. The molecule has 1 rings (SSSR count). The maximum absolute atomic E-state index is 11.7. The van der Waals surface area contributed by atoms with Gasteiger partial charge in [-0.2, -0.15) is 0 Å². The van der Waals surface area contributed by atoms with Crippen LogP contribution < -0.4 is 10.1 Å². The number of nitro groups is 1. The molecule has 0 radical (unpaired) electrons. The number of amides is 1. The summed E-state index contributed by atoms with van der Waals surface area (Å²) >= 11 is 3.23. The second kappa shape index (κ2) is 6.69. The number of nitrogens with one attached hydrogen (secondary N) is 1. The molecule has 0 spiro atoms. The molecule has 0 aliphatic heterocycles. The lowest BCUT2D eigenvalue weighted by molar-refractivity contribution is -0.385. The monoisotopic (exact) mass is 344 g/mol. The molecule has 0 heterocycles. The number of non-ortho nitro benzene ring substituents is 1. The van der Waals surface area contributed by atoms with Crippen LogP contribution in [-0.2, 0) is 4.79 Å². The number of carbonyl (C=O) groups excluding carboxylic acids is 1. The van der Waals surface area contributed by atoms with Crippen molar-refractivity contribution in [3.05, 3.63) is 32.8 Å². The maximum atomic E-state index is 11.7. The molecule has 1 N–H and O–H groups in total. The average Bonchev–Trinajstić information content (AvgIpc) is 2.37. The predicted octanol–water partition coefficient (Wildman–Crippen LogP) is 3.04. The molecule has 0 aliphatic carbocycles. The van der Waals surface area contributed by atoms with E-state index >= 15 is 0 Å². The molecule has 0 aliphatic rings. The molecule has 1 aromatic rings. The van der Waals surface area contributed by atoms with E-state index in [0.717, 1.165) is 6.42 Å². The van der Waals surface area contributed by atoms with Crippen LogP contribution >= 0.6 is 15.9 Å². The van der Waals surface area contributed by atoms with Gasteiger partial charge in [0.25, 0.3) is 11.6 Å². The van der Waals surface area contributed by atoms with Gasteiger partial charge in [0.15, 0.2) is 6.61 Å². The molecule has 0 saturated carbocycles. The third kappa shape index (κ3) is 4.80. The zero-order valence-corrected chi connectivity index (χ0v) is 13.2. The molecule has 6 nitrogen and oxygen atoms in total. The zero-order chi connectivity index (χ0) is 15.3. The third-order valence-corrected chi connectivity index (χ3v) is 3.50. The van der Waals surface area contributed by atoms with E-state index in [0.29, 0.717) is 4.47 Å². The van der Waals surface area contributed by atoms with Crippen LogP contribution in [-0.4, -0.2) is 23.0 Å². The van der Waals surface area contributed by atoms with Crippen LogP contribution in [0.25, 0.3) is 0 Å². The second-order valence-corrected chi connectivity index (χ2v) is 5.80. The molecule has 1 aromatic carbocycles. The summed E-state index contributed by atoms with van der Waals surface area (Å²) in [5, 5.41) is 13.5. The Morgan fingerprint density at radius 3 is 2.70 bits per heavy atom. The van der Waals surface area contributed by atoms with Crippen molar-refractivity contribution in [1.82, 2.24) is 5.32 Å². The Morgan fingerprint density at radius 1 is 1.50 bits per heavy atom. The van der Waals surface area contributed by atoms with Gasteiger partial charge in [0.05, 0.1) is 15.5 Å². The molecule has 7 heteroatoms. The lowest BCUT2D eigenvalue weighted by Gasteiger charge is -2.24. The molecule has 0 bridgehead atoms. The van der Waals surface area contributed by atoms with Gasteiger partial charge in [-0.15, -0.1) is 0 Å². The molecule has 110 valence electrons. The SMILES string of the molecule is CCC(C)(C)NC(=O)COc1cc([N+](=O)[O-])ccc1Br. The van der Waals surface area contributed by atoms with E-state index in [2.05, 4.69) is 21.2 Å². The smallest absolute Gasteiger partial charge is 0.273 e. The van der Waals surface area contributed by atoms with Crippen molar-refractivity contribution in [2.24, 2.45) is 0 Å². The van der Waals surface area contributed by atoms with Gasteiger partial charge in [0.2, 0.25) is 0 Å². The van der Waals surface area contributed by atoms with Crippen molar-refractivity contribution in [3.63, 3.8) is 0 Å². The number of rotatable bonds is 6. The van der Waals surface area contributed by atoms with Gasteiger partial charge in [-0.3, -0.25) is 14.9 Å². The number of hydrogen-bond donors (Lipinski definition) is 1. The molecule has 0 fully saturated rings. The fourth-order valence-electron chi connectivity index (χ4n) is 1.36. The summed E-state index contributed by atoms with van der Waals surface area (Å²) in [5.74, 6) is -0.00101. The number of benzene rings is 1. The van der Waals surface area contributed by atoms with Crippen molar-refractivity contribution in [1.29, 1.82) is 0 Å². The van der Waals surface area contributed by atoms with Crippen LogP contribution in [0.2, 0.25) is 0 Å². The number of nitrogens with zero attached hydrogens (tertiary/aromatic N) is 1. The number of ether oxygens (including phenoxy) is 1. The first-order chi connectivity index (χ1) is 9.25. The topological polar surface area (TPSA) is 81.5 Å². The Morgan fingerprint density at radius 2 is 2.15 bits per heavy atom. The lowest BCUT2D eigenvalue weighted by atomic mass is 10.0. The summed E-state index contributed by atoms with van der Waals surface area (Å²) in [6.45, 7) is 5.60. The van der Waals surface area contributed by atoms with E-state index in [-0.39, 0.29) is 29.5 Å². The average molecular weight is 345 g/mol. The predicted molar refractivity (Wildman–Crippen MR) is 78.8 cm³/mol. The summed E-state index contributed by atoms with van der Waals surface area (Å²) in [6.07, 6.45) is 0.791. The van der Waals surface area contributed by atoms with E-state index < -0.39 is 4.92 Å². The van der Waals surface area contributed by atoms with Gasteiger partial charge in [-0.1, -0.05) is 6.92 Å². The van der Waals surface area contributed by atoms with Crippen molar-refractivity contribution in [3.8, 4) is 5.75 Å². The van der Waals surface area contributed by atoms with Crippen molar-refractivity contribution < 1.29 is 14.5 Å². The fraction of sp³-hybridized carbons (Fsp3) is 0.462. The molecular weight excluding hydrogens is 328 g/mol. The highest BCUT2D eigenvalue weighted by molar-refractivity contribution is 9.10. The highest BCUT2D eigenvalue weighted by Crippen LogP contribution is 2.29. The summed E-state index contributed by atoms with van der Waals surface area (Å²) < 4.78 is 5.88. The third-order valence-electron chi connectivity index (χ3n) is 2.85. The summed E-state index contributed by atoms with van der Waals surface area (Å²) in [7, 11) is 0. The summed E-state index contributed by atoms with van der Waals surface area (Å²) in [6, 6.07) is 4.15. The van der Waals surface area contributed by atoms with Gasteiger partial charge in [0, 0.05) is 11.6 Å². The Bertz CT molecular complexity index is 517. The highest BCUT2D eigenvalue weighted by Gasteiger charge is 2.18. The van der Waals surface area contributed by atoms with E-state index in [1.54, 1.807) is 0 Å². The van der Waals surface area contributed by atoms with Gasteiger partial charge >= 0.3 is 0 Å². The molecule has 0 unspecified atom stereocenters. The van der Waals surface area contributed by atoms with Gasteiger partial charge in [-0.05, 0) is 42.3 Å². The molecule has 20 heavy (non-hydrogen) atoms. The van der Waals surface area contributed by atoms with Crippen molar-refractivity contribution in [2.45, 2.75) is 32.7 Å². The Kier molecular flexibility index (Phi) is 5.50. The number of hydrogen-bond acceptors (Lipinski definition) is 4. The first kappa shape index (κ1) is 16.4. The van der Waals surface area contributed by atoms with E-state index in [9.17, 15) is 14.9 Å². The number of nitro benzene ring substituents is 1. The first-order valence-corrected chi connectivity index (χ1v) is 6.92. The summed E-state index contributed by atoms with van der Waals surface area (Å²) in [4.78, 5) is 21.9. The number of carbonyl (C=O) groups is 1. The Balaban J connectivity index is 2.68. The van der Waals surface area contributed by atoms with Crippen molar-refractivity contribution in [2.75, 3.05) is 6.61 Å². The highest BCUT2D eigenvalue weighted by atomic mass is 79.9. The Hall–Kier alpha value is -1.63. The fourth-order valence-corrected chi connectivity index (χ4v) is 1.72. The molecule has 1 amide bonds. The van der Waals surface area contributed by atoms with E-state index in [1.807, 2.05) is 20.8 Å². The van der Waals surface area contributed by atoms with Crippen LogP contribution in [0, 0.1) is 10.1 Å². The van der Waals surface area contributed by atoms with Gasteiger partial charge in [-0.25, -0.2) is 0 Å². The minimum absolute atomic E-state index is 0.0857. The standard InChI is InChI=1S/C13H17BrN2O4/c1-4-13(2,3)15-12(17)8-20-11-7-9(16(18)19)5-6-10(11)14/h5-7H,4,8H2,1-3H3,(H,15,17). The first-order valence-electron chi connectivity index (χ1n) is 6.13. The van der Waals surface area contributed by atoms with E-state index in [4.69, 9.17) is 4.74 Å². The maximum Gasteiger partial charge on any atom is 0.273 e. The van der Waals surface area contributed by atoms with Crippen LogP contribution in [0.4, 0.5) is 5.69 Å². The van der Waals surface area contributed by atoms with Gasteiger partial charge in [0.1, 0.15) is 5.75 Å². The van der Waals surface area contributed by atoms with Crippen LogP contribution in [0.15, 0.2) is 22.7 Å². The molecular formula is C13H17BrN2O4. The van der Waals surface area contributed by atoms with Crippen LogP contribution in [0.5, 0.6) is 5.75 Å². The van der Waals surface area contributed by atoms with Crippen LogP contribution in [0.1, 0.15) is 27.2 Å². The summed E-state index contributed by atoms with van der Waals surface area (Å²) in [5.41, 5.74) is -0.391. The van der Waals surface area contributed by atoms with Crippen molar-refractivity contribution >= 4 is 27.5 Å². The molecule has 0 saturated heterocycles. The second-order valence-electron chi connectivity index (χ2n) is 4.95. The Labute approximate surface area is 125 Å². The molecule has 0 atom stereocenters. The van der Waals surface area contributed by atoms with E-state index in [1.165, 1.54) is 18.2 Å². The van der Waals surface area contributed by atoms with Gasteiger partial charge < -0.3 is 10.1 Å². The zero-order valence-electron chi connectivity index (χ0n) is 11.6. The number of halogens is 1.